The monoisotopic (exact) mass is 425 g/mol. The van der Waals surface area contributed by atoms with Crippen molar-refractivity contribution in [3.05, 3.63) is 63.1 Å². The Morgan fingerprint density at radius 3 is 2.63 bits per heavy atom. The second-order valence-electron chi connectivity index (χ2n) is 6.64. The zero-order chi connectivity index (χ0) is 19.8. The first-order valence-electron chi connectivity index (χ1n) is 8.88. The second-order valence-corrected chi connectivity index (χ2v) is 8.56. The molecule has 0 bridgehead atoms. The molecule has 1 N–H and O–H groups in total. The van der Waals surface area contributed by atoms with Gasteiger partial charge in [-0.25, -0.2) is 0 Å². The van der Waals surface area contributed by atoms with Crippen LogP contribution in [0, 0.1) is 6.92 Å². The first-order valence-corrected chi connectivity index (χ1v) is 10.8. The van der Waals surface area contributed by atoms with E-state index in [9.17, 15) is 4.79 Å². The molecule has 0 saturated carbocycles. The third-order valence-electron chi connectivity index (χ3n) is 3.97. The number of ether oxygens (including phenoxy) is 1. The highest BCUT2D eigenvalue weighted by molar-refractivity contribution is 7.98. The number of carbonyl (C=O) groups is 1. The number of hydrogen-bond acceptors (Lipinski definition) is 3. The van der Waals surface area contributed by atoms with Gasteiger partial charge in [0.2, 0.25) is 0 Å². The van der Waals surface area contributed by atoms with Crippen molar-refractivity contribution in [1.82, 2.24) is 5.32 Å². The molecule has 0 aliphatic heterocycles. The van der Waals surface area contributed by atoms with E-state index in [2.05, 4.69) is 31.3 Å². The average Bonchev–Trinajstić information content (AvgIpc) is 2.62. The molecular formula is C21H25Cl2NO2S. The minimum atomic E-state index is -0.110. The molecule has 2 aromatic carbocycles. The van der Waals surface area contributed by atoms with Crippen molar-refractivity contribution in [2.45, 2.75) is 32.4 Å². The smallest absolute Gasteiger partial charge is 0.257 e. The summed E-state index contributed by atoms with van der Waals surface area (Å²) in [4.78, 5) is 12.0. The maximum absolute atomic E-state index is 12.0. The Balaban J connectivity index is 1.69. The van der Waals surface area contributed by atoms with E-state index in [1.54, 1.807) is 17.8 Å². The summed E-state index contributed by atoms with van der Waals surface area (Å²) in [6, 6.07) is 11.7. The van der Waals surface area contributed by atoms with Crippen LogP contribution in [0.3, 0.4) is 0 Å². The molecule has 0 atom stereocenters. The highest BCUT2D eigenvalue weighted by atomic mass is 35.5. The van der Waals surface area contributed by atoms with Gasteiger partial charge in [0.1, 0.15) is 5.75 Å². The summed E-state index contributed by atoms with van der Waals surface area (Å²) in [6.07, 6.45) is 0. The number of aryl methyl sites for hydroxylation is 1. The summed E-state index contributed by atoms with van der Waals surface area (Å²) < 4.78 is 5.75. The summed E-state index contributed by atoms with van der Waals surface area (Å²) in [6.45, 7) is 6.87. The molecule has 0 fully saturated rings. The fourth-order valence-electron chi connectivity index (χ4n) is 2.52. The van der Waals surface area contributed by atoms with Gasteiger partial charge in [0.05, 0.1) is 10.0 Å². The van der Waals surface area contributed by atoms with Crippen LogP contribution in [0.2, 0.25) is 10.0 Å². The molecule has 0 heterocycles. The highest BCUT2D eigenvalue weighted by Crippen LogP contribution is 2.27. The molecule has 0 unspecified atom stereocenters. The number of carbonyl (C=O) groups excluding carboxylic acids is 1. The van der Waals surface area contributed by atoms with E-state index in [4.69, 9.17) is 27.9 Å². The summed E-state index contributed by atoms with van der Waals surface area (Å²) in [5, 5.41) is 4.02. The second kappa shape index (κ2) is 10.8. The summed E-state index contributed by atoms with van der Waals surface area (Å²) in [7, 11) is 0. The van der Waals surface area contributed by atoms with Crippen LogP contribution in [0.1, 0.15) is 36.5 Å². The lowest BCUT2D eigenvalue weighted by Crippen LogP contribution is -2.30. The molecule has 0 aliphatic rings. The van der Waals surface area contributed by atoms with E-state index in [1.807, 2.05) is 25.1 Å². The molecule has 2 rings (SSSR count). The van der Waals surface area contributed by atoms with Crippen molar-refractivity contribution in [2.75, 3.05) is 18.9 Å². The molecule has 27 heavy (non-hydrogen) atoms. The standard InChI is InChI=1S/C21H25Cl2NO2S/c1-14(2)17-6-4-15(3)10-20(17)26-12-21(25)24-8-9-27-13-16-5-7-18(22)19(23)11-16/h4-7,10-11,14H,8-9,12-13H2,1-3H3,(H,24,25). The van der Waals surface area contributed by atoms with Crippen molar-refractivity contribution in [3.8, 4) is 5.75 Å². The predicted molar refractivity (Wildman–Crippen MR) is 116 cm³/mol. The highest BCUT2D eigenvalue weighted by Gasteiger charge is 2.10. The summed E-state index contributed by atoms with van der Waals surface area (Å²) >= 11 is 13.6. The van der Waals surface area contributed by atoms with E-state index >= 15 is 0 Å². The molecular weight excluding hydrogens is 401 g/mol. The maximum atomic E-state index is 12.0. The van der Waals surface area contributed by atoms with E-state index in [-0.39, 0.29) is 12.5 Å². The van der Waals surface area contributed by atoms with Crippen LogP contribution in [-0.4, -0.2) is 24.8 Å². The van der Waals surface area contributed by atoms with E-state index < -0.39 is 0 Å². The number of nitrogens with one attached hydrogen (secondary N) is 1. The number of halogens is 2. The van der Waals surface area contributed by atoms with Gasteiger partial charge in [0.15, 0.2) is 6.61 Å². The Bertz CT molecular complexity index is 781. The minimum absolute atomic E-state index is 0.0284. The molecule has 0 aliphatic carbocycles. The fraction of sp³-hybridized carbons (Fsp3) is 0.381. The van der Waals surface area contributed by atoms with Gasteiger partial charge in [-0.2, -0.15) is 11.8 Å². The van der Waals surface area contributed by atoms with Gasteiger partial charge in [-0.15, -0.1) is 0 Å². The van der Waals surface area contributed by atoms with E-state index in [1.165, 1.54) is 0 Å². The van der Waals surface area contributed by atoms with Gasteiger partial charge in [-0.05, 0) is 47.7 Å². The van der Waals surface area contributed by atoms with Crippen LogP contribution < -0.4 is 10.1 Å². The number of benzene rings is 2. The number of rotatable bonds is 9. The van der Waals surface area contributed by atoms with E-state index in [0.717, 1.165) is 33.9 Å². The number of thioether (sulfide) groups is 1. The van der Waals surface area contributed by atoms with Crippen LogP contribution in [-0.2, 0) is 10.5 Å². The predicted octanol–water partition coefficient (Wildman–Crippen LogP) is 5.85. The molecule has 2 aromatic rings. The van der Waals surface area contributed by atoms with Gasteiger partial charge < -0.3 is 10.1 Å². The molecule has 1 amide bonds. The van der Waals surface area contributed by atoms with Gasteiger partial charge in [0.25, 0.3) is 5.91 Å². The first kappa shape index (κ1) is 21.9. The summed E-state index contributed by atoms with van der Waals surface area (Å²) in [5.41, 5.74) is 3.35. The normalized spacial score (nSPS) is 10.9. The largest absolute Gasteiger partial charge is 0.483 e. The van der Waals surface area contributed by atoms with Crippen molar-refractivity contribution < 1.29 is 9.53 Å². The summed E-state index contributed by atoms with van der Waals surface area (Å²) in [5.74, 6) is 2.66. The van der Waals surface area contributed by atoms with Crippen LogP contribution >= 0.6 is 35.0 Å². The van der Waals surface area contributed by atoms with Crippen LogP contribution in [0.15, 0.2) is 36.4 Å². The lowest BCUT2D eigenvalue weighted by Gasteiger charge is -2.14. The molecule has 0 aromatic heterocycles. The van der Waals surface area contributed by atoms with Crippen molar-refractivity contribution in [1.29, 1.82) is 0 Å². The average molecular weight is 426 g/mol. The van der Waals surface area contributed by atoms with E-state index in [0.29, 0.717) is 22.5 Å². The van der Waals surface area contributed by atoms with Crippen LogP contribution in [0.5, 0.6) is 5.75 Å². The lowest BCUT2D eigenvalue weighted by atomic mass is 10.0. The number of amides is 1. The third-order valence-corrected chi connectivity index (χ3v) is 5.74. The molecule has 6 heteroatoms. The zero-order valence-corrected chi connectivity index (χ0v) is 18.2. The van der Waals surface area contributed by atoms with Gasteiger partial charge in [-0.3, -0.25) is 4.79 Å². The SMILES string of the molecule is Cc1ccc(C(C)C)c(OCC(=O)NCCSCc2ccc(Cl)c(Cl)c2)c1. The third kappa shape index (κ3) is 7.28. The Morgan fingerprint density at radius 1 is 1.15 bits per heavy atom. The van der Waals surface area contributed by atoms with Crippen molar-refractivity contribution in [2.24, 2.45) is 0 Å². The maximum Gasteiger partial charge on any atom is 0.257 e. The Morgan fingerprint density at radius 2 is 1.93 bits per heavy atom. The molecule has 0 spiro atoms. The number of hydrogen-bond donors (Lipinski definition) is 1. The van der Waals surface area contributed by atoms with Gasteiger partial charge >= 0.3 is 0 Å². The Kier molecular flexibility index (Phi) is 8.81. The van der Waals surface area contributed by atoms with Crippen LogP contribution in [0.4, 0.5) is 0 Å². The Hall–Kier alpha value is -1.36. The quantitative estimate of drug-likeness (QED) is 0.511. The zero-order valence-electron chi connectivity index (χ0n) is 15.9. The molecule has 0 radical (unpaired) electrons. The van der Waals surface area contributed by atoms with Crippen molar-refractivity contribution in [3.63, 3.8) is 0 Å². The molecule has 0 saturated heterocycles. The fourth-order valence-corrected chi connectivity index (χ4v) is 3.65. The molecule has 146 valence electrons. The van der Waals surface area contributed by atoms with Gasteiger partial charge in [0, 0.05) is 18.1 Å². The lowest BCUT2D eigenvalue weighted by molar-refractivity contribution is -0.122. The molecule has 3 nitrogen and oxygen atoms in total. The van der Waals surface area contributed by atoms with Crippen molar-refractivity contribution >= 4 is 40.9 Å². The van der Waals surface area contributed by atoms with Gasteiger partial charge in [-0.1, -0.05) is 55.2 Å². The Labute approximate surface area is 175 Å². The topological polar surface area (TPSA) is 38.3 Å². The van der Waals surface area contributed by atoms with Crippen LogP contribution in [0.25, 0.3) is 0 Å². The first-order chi connectivity index (χ1) is 12.9. The minimum Gasteiger partial charge on any atom is -0.483 e.